The summed E-state index contributed by atoms with van der Waals surface area (Å²) in [7, 11) is -1.45. The van der Waals surface area contributed by atoms with Crippen LogP contribution in [-0.2, 0) is 22.0 Å². The fourth-order valence-electron chi connectivity index (χ4n) is 1.61. The van der Waals surface area contributed by atoms with Gasteiger partial charge in [-0.15, -0.1) is 11.3 Å². The molecule has 6 heteroatoms. The van der Waals surface area contributed by atoms with Gasteiger partial charge in [-0.1, -0.05) is 20.8 Å². The van der Waals surface area contributed by atoms with Crippen LogP contribution in [0.5, 0.6) is 0 Å². The van der Waals surface area contributed by atoms with Crippen LogP contribution < -0.4 is 5.73 Å². The van der Waals surface area contributed by atoms with Gasteiger partial charge in [-0.2, -0.15) is 0 Å². The van der Waals surface area contributed by atoms with Gasteiger partial charge in [0.25, 0.3) is 0 Å². The molecule has 0 saturated heterocycles. The van der Waals surface area contributed by atoms with Crippen molar-refractivity contribution < 1.29 is 8.60 Å². The third-order valence-electron chi connectivity index (χ3n) is 2.78. The van der Waals surface area contributed by atoms with Crippen molar-refractivity contribution in [3.63, 3.8) is 0 Å². The van der Waals surface area contributed by atoms with E-state index in [1.807, 2.05) is 5.38 Å². The Morgan fingerprint density at radius 2 is 2.10 bits per heavy atom. The van der Waals surface area contributed by atoms with Gasteiger partial charge in [0.2, 0.25) is 0 Å². The summed E-state index contributed by atoms with van der Waals surface area (Å²) >= 11 is 1.46. The minimum atomic E-state index is -1.45. The number of benzene rings is 1. The summed E-state index contributed by atoms with van der Waals surface area (Å²) in [4.78, 5) is 4.65. The number of nitrogens with two attached hydrogens (primary N) is 1. The average molecular weight is 312 g/mol. The first-order valence-electron chi connectivity index (χ1n) is 6.15. The quantitative estimate of drug-likeness (QED) is 0.883. The molecule has 0 aliphatic carbocycles. The molecule has 2 aromatic rings. The second-order valence-corrected chi connectivity index (χ2v) is 7.92. The molecule has 0 spiro atoms. The molecule has 1 aromatic heterocycles. The van der Waals surface area contributed by atoms with Crippen LogP contribution in [0.4, 0.5) is 10.1 Å². The van der Waals surface area contributed by atoms with Crippen LogP contribution in [0, 0.1) is 5.82 Å². The van der Waals surface area contributed by atoms with E-state index in [0.717, 1.165) is 10.7 Å². The van der Waals surface area contributed by atoms with E-state index >= 15 is 0 Å². The van der Waals surface area contributed by atoms with Crippen molar-refractivity contribution in [1.82, 2.24) is 4.98 Å². The van der Waals surface area contributed by atoms with E-state index in [0.29, 0.717) is 5.69 Å². The molecular weight excluding hydrogens is 295 g/mol. The highest BCUT2D eigenvalue weighted by Gasteiger charge is 2.19. The van der Waals surface area contributed by atoms with Gasteiger partial charge >= 0.3 is 0 Å². The number of anilines is 1. The van der Waals surface area contributed by atoms with Gasteiger partial charge < -0.3 is 5.73 Å². The molecule has 0 radical (unpaired) electrons. The Balaban J connectivity index is 2.17. The SMILES string of the molecule is CC(C)(C)c1csc(CS(=O)c2ccc(N)cc2F)n1. The van der Waals surface area contributed by atoms with E-state index in [-0.39, 0.29) is 16.1 Å². The molecule has 0 saturated carbocycles. The van der Waals surface area contributed by atoms with Crippen LogP contribution in [0.25, 0.3) is 0 Å². The summed E-state index contributed by atoms with van der Waals surface area (Å²) in [5.41, 5.74) is 6.73. The molecule has 0 aliphatic heterocycles. The van der Waals surface area contributed by atoms with Gasteiger partial charge in [0, 0.05) is 16.5 Å². The van der Waals surface area contributed by atoms with Gasteiger partial charge in [-0.05, 0) is 18.2 Å². The molecule has 3 nitrogen and oxygen atoms in total. The van der Waals surface area contributed by atoms with E-state index in [1.54, 1.807) is 6.07 Å². The standard InChI is InChI=1S/C14H17FN2OS2/c1-14(2,3)12-7-19-13(17-12)8-20(18)11-5-4-9(16)6-10(11)15/h4-7H,8,16H2,1-3H3. The molecule has 1 unspecified atom stereocenters. The normalized spacial score (nSPS) is 13.4. The zero-order chi connectivity index (χ0) is 14.9. The maximum Gasteiger partial charge on any atom is 0.141 e. The molecule has 1 heterocycles. The largest absolute Gasteiger partial charge is 0.399 e. The summed E-state index contributed by atoms with van der Waals surface area (Å²) in [5.74, 6) is -0.308. The molecule has 1 aromatic carbocycles. The first-order chi connectivity index (χ1) is 9.27. The van der Waals surface area contributed by atoms with Gasteiger partial charge in [-0.25, -0.2) is 9.37 Å². The molecule has 0 fully saturated rings. The number of aromatic nitrogens is 1. The highest BCUT2D eigenvalue weighted by molar-refractivity contribution is 7.84. The number of thiazole rings is 1. The molecule has 2 rings (SSSR count). The summed E-state index contributed by atoms with van der Waals surface area (Å²) < 4.78 is 25.9. The number of nitrogen functional groups attached to an aromatic ring is 1. The highest BCUT2D eigenvalue weighted by atomic mass is 32.2. The summed E-state index contributed by atoms with van der Waals surface area (Å²) in [6, 6.07) is 4.22. The van der Waals surface area contributed by atoms with Crippen molar-refractivity contribution >= 4 is 27.8 Å². The first-order valence-corrected chi connectivity index (χ1v) is 8.35. The Morgan fingerprint density at radius 1 is 1.40 bits per heavy atom. The van der Waals surface area contributed by atoms with Gasteiger partial charge in [0.05, 0.1) is 27.1 Å². The van der Waals surface area contributed by atoms with E-state index < -0.39 is 16.6 Å². The predicted molar refractivity (Wildman–Crippen MR) is 81.7 cm³/mol. The fourth-order valence-corrected chi connectivity index (χ4v) is 3.95. The second-order valence-electron chi connectivity index (χ2n) is 5.56. The zero-order valence-electron chi connectivity index (χ0n) is 11.6. The van der Waals surface area contributed by atoms with Crippen molar-refractivity contribution in [2.24, 2.45) is 0 Å². The van der Waals surface area contributed by atoms with Gasteiger partial charge in [0.15, 0.2) is 0 Å². The van der Waals surface area contributed by atoms with Crippen LogP contribution in [0.2, 0.25) is 0 Å². The first kappa shape index (κ1) is 15.1. The monoisotopic (exact) mass is 312 g/mol. The molecule has 0 amide bonds. The fraction of sp³-hybridized carbons (Fsp3) is 0.357. The van der Waals surface area contributed by atoms with Crippen molar-refractivity contribution in [2.45, 2.75) is 36.8 Å². The predicted octanol–water partition coefficient (Wildman–Crippen LogP) is 3.47. The summed E-state index contributed by atoms with van der Waals surface area (Å²) in [6.45, 7) is 6.22. The van der Waals surface area contributed by atoms with E-state index in [1.165, 1.54) is 23.5 Å². The van der Waals surface area contributed by atoms with E-state index in [2.05, 4.69) is 25.8 Å². The topological polar surface area (TPSA) is 56.0 Å². The number of nitrogens with zero attached hydrogens (tertiary/aromatic N) is 1. The smallest absolute Gasteiger partial charge is 0.141 e. The Hall–Kier alpha value is -1.27. The average Bonchev–Trinajstić information content (AvgIpc) is 2.76. The van der Waals surface area contributed by atoms with E-state index in [9.17, 15) is 8.60 Å². The molecule has 1 atom stereocenters. The summed E-state index contributed by atoms with van der Waals surface area (Å²) in [5, 5.41) is 2.72. The van der Waals surface area contributed by atoms with Crippen LogP contribution in [-0.4, -0.2) is 9.19 Å². The number of halogens is 1. The van der Waals surface area contributed by atoms with Crippen LogP contribution in [0.3, 0.4) is 0 Å². The molecule has 108 valence electrons. The lowest BCUT2D eigenvalue weighted by molar-refractivity contribution is 0.571. The number of hydrogen-bond donors (Lipinski definition) is 1. The van der Waals surface area contributed by atoms with Crippen LogP contribution in [0.1, 0.15) is 31.5 Å². The molecule has 2 N–H and O–H groups in total. The van der Waals surface area contributed by atoms with Crippen molar-refractivity contribution in [1.29, 1.82) is 0 Å². The molecular formula is C14H17FN2OS2. The minimum absolute atomic E-state index is 0.0390. The third kappa shape index (κ3) is 3.43. The third-order valence-corrected chi connectivity index (χ3v) is 5.16. The molecule has 0 aliphatic rings. The van der Waals surface area contributed by atoms with Crippen molar-refractivity contribution in [3.8, 4) is 0 Å². The van der Waals surface area contributed by atoms with Crippen LogP contribution >= 0.6 is 11.3 Å². The second kappa shape index (κ2) is 5.61. The lowest BCUT2D eigenvalue weighted by atomic mass is 9.93. The number of hydrogen-bond acceptors (Lipinski definition) is 4. The van der Waals surface area contributed by atoms with Crippen LogP contribution in [0.15, 0.2) is 28.5 Å². The maximum atomic E-state index is 13.7. The Kier molecular flexibility index (Phi) is 4.25. The molecule has 20 heavy (non-hydrogen) atoms. The van der Waals surface area contributed by atoms with Crippen molar-refractivity contribution in [3.05, 3.63) is 40.1 Å². The Bertz CT molecular complexity index is 647. The summed E-state index contributed by atoms with van der Waals surface area (Å²) in [6.07, 6.45) is 0. The maximum absolute atomic E-state index is 13.7. The van der Waals surface area contributed by atoms with Crippen molar-refractivity contribution in [2.75, 3.05) is 5.73 Å². The number of rotatable bonds is 3. The minimum Gasteiger partial charge on any atom is -0.399 e. The lowest BCUT2D eigenvalue weighted by Gasteiger charge is -2.14. The van der Waals surface area contributed by atoms with Gasteiger partial charge in [0.1, 0.15) is 10.8 Å². The van der Waals surface area contributed by atoms with E-state index in [4.69, 9.17) is 5.73 Å². The zero-order valence-corrected chi connectivity index (χ0v) is 13.3. The lowest BCUT2D eigenvalue weighted by Crippen LogP contribution is -2.11. The highest BCUT2D eigenvalue weighted by Crippen LogP contribution is 2.26. The molecule has 0 bridgehead atoms. The Labute approximate surface area is 124 Å². The van der Waals surface area contributed by atoms with Gasteiger partial charge in [-0.3, -0.25) is 4.21 Å². The Morgan fingerprint density at radius 3 is 2.65 bits per heavy atom.